The number of alkyl halides is 3. The van der Waals surface area contributed by atoms with Gasteiger partial charge in [0.25, 0.3) is 0 Å². The van der Waals surface area contributed by atoms with Gasteiger partial charge in [-0.1, -0.05) is 0 Å². The number of thiophene rings is 1. The number of benzene rings is 1. The van der Waals surface area contributed by atoms with Crippen LogP contribution in [-0.4, -0.2) is 31.5 Å². The van der Waals surface area contributed by atoms with Crippen molar-refractivity contribution in [3.8, 4) is 0 Å². The molecule has 1 N–H and O–H groups in total. The van der Waals surface area contributed by atoms with Gasteiger partial charge in [0.2, 0.25) is 0 Å². The number of nitrogens with one attached hydrogen (secondary N) is 1. The lowest BCUT2D eigenvalue weighted by atomic mass is 10.2. The molecule has 0 spiro atoms. The number of carbonyl (C=O) groups is 2. The summed E-state index contributed by atoms with van der Waals surface area (Å²) in [6.45, 7) is 0.289. The fraction of sp³-hybridized carbons (Fsp3) is 0.286. The molecule has 9 heteroatoms. The van der Waals surface area contributed by atoms with Crippen molar-refractivity contribution >= 4 is 39.2 Å². The quantitative estimate of drug-likeness (QED) is 0.843. The summed E-state index contributed by atoms with van der Waals surface area (Å²) in [4.78, 5) is 23.3. The van der Waals surface area contributed by atoms with E-state index in [1.54, 1.807) is 19.1 Å². The van der Waals surface area contributed by atoms with Gasteiger partial charge in [-0.3, -0.25) is 5.32 Å². The van der Waals surface area contributed by atoms with Crippen molar-refractivity contribution in [3.63, 3.8) is 0 Å². The zero-order chi connectivity index (χ0) is 17.0. The predicted octanol–water partition coefficient (Wildman–Crippen LogP) is 4.19. The van der Waals surface area contributed by atoms with Crippen molar-refractivity contribution < 1.29 is 32.2 Å². The number of anilines is 1. The fourth-order valence-electron chi connectivity index (χ4n) is 1.73. The van der Waals surface area contributed by atoms with Crippen LogP contribution in [0, 0.1) is 0 Å². The Bertz CT molecular complexity index is 726. The molecule has 1 aromatic heterocycles. The number of ether oxygens (including phenoxy) is 2. The van der Waals surface area contributed by atoms with E-state index in [2.05, 4.69) is 10.1 Å². The molecule has 0 bridgehead atoms. The minimum absolute atomic E-state index is 0.255. The summed E-state index contributed by atoms with van der Waals surface area (Å²) in [6.07, 6.45) is -5.79. The highest BCUT2D eigenvalue weighted by Crippen LogP contribution is 2.28. The van der Waals surface area contributed by atoms with Gasteiger partial charge in [-0.2, -0.15) is 13.2 Å². The highest BCUT2D eigenvalue weighted by molar-refractivity contribution is 7.20. The maximum atomic E-state index is 12.0. The molecular weight excluding hydrogens is 335 g/mol. The molecule has 0 aliphatic rings. The van der Waals surface area contributed by atoms with Gasteiger partial charge >= 0.3 is 18.2 Å². The SMILES string of the molecule is CCOC(=O)c1cc2cc(NC(=O)OCC(F)(F)F)ccc2s1. The molecule has 1 heterocycles. The number of hydrogen-bond donors (Lipinski definition) is 1. The molecule has 5 nitrogen and oxygen atoms in total. The smallest absolute Gasteiger partial charge is 0.422 e. The molecule has 0 saturated heterocycles. The van der Waals surface area contributed by atoms with Gasteiger partial charge in [0.15, 0.2) is 6.61 Å². The number of halogens is 3. The first-order valence-corrected chi connectivity index (χ1v) is 7.31. The van der Waals surface area contributed by atoms with E-state index >= 15 is 0 Å². The van der Waals surface area contributed by atoms with Gasteiger partial charge < -0.3 is 9.47 Å². The Morgan fingerprint density at radius 2 is 1.96 bits per heavy atom. The van der Waals surface area contributed by atoms with Crippen LogP contribution in [-0.2, 0) is 9.47 Å². The molecule has 0 fully saturated rings. The monoisotopic (exact) mass is 347 g/mol. The van der Waals surface area contributed by atoms with Gasteiger partial charge in [-0.05, 0) is 36.6 Å². The van der Waals surface area contributed by atoms with Gasteiger partial charge in [0.1, 0.15) is 4.88 Å². The maximum absolute atomic E-state index is 12.0. The van der Waals surface area contributed by atoms with Crippen LogP contribution >= 0.6 is 11.3 Å². The number of rotatable bonds is 4. The van der Waals surface area contributed by atoms with Gasteiger partial charge in [-0.25, -0.2) is 9.59 Å². The summed E-state index contributed by atoms with van der Waals surface area (Å²) >= 11 is 1.22. The normalized spacial score (nSPS) is 11.3. The lowest BCUT2D eigenvalue weighted by Gasteiger charge is -2.09. The van der Waals surface area contributed by atoms with Crippen LogP contribution in [0.1, 0.15) is 16.6 Å². The Morgan fingerprint density at radius 1 is 1.22 bits per heavy atom. The number of esters is 1. The second kappa shape index (κ2) is 6.86. The molecule has 0 radical (unpaired) electrons. The average Bonchev–Trinajstić information content (AvgIpc) is 2.88. The van der Waals surface area contributed by atoms with E-state index in [0.717, 1.165) is 4.70 Å². The van der Waals surface area contributed by atoms with Crippen molar-refractivity contribution in [2.45, 2.75) is 13.1 Å². The predicted molar refractivity (Wildman–Crippen MR) is 78.8 cm³/mol. The van der Waals surface area contributed by atoms with E-state index in [0.29, 0.717) is 10.3 Å². The molecule has 1 amide bonds. The summed E-state index contributed by atoms with van der Waals surface area (Å²) in [5.74, 6) is -0.451. The van der Waals surface area contributed by atoms with Gasteiger partial charge in [-0.15, -0.1) is 11.3 Å². The first kappa shape index (κ1) is 17.1. The summed E-state index contributed by atoms with van der Waals surface area (Å²) in [7, 11) is 0. The van der Waals surface area contributed by atoms with Gasteiger partial charge in [0.05, 0.1) is 6.61 Å². The van der Waals surface area contributed by atoms with Crippen molar-refractivity contribution in [1.82, 2.24) is 0 Å². The number of hydrogen-bond acceptors (Lipinski definition) is 5. The highest BCUT2D eigenvalue weighted by Gasteiger charge is 2.29. The number of fused-ring (bicyclic) bond motifs is 1. The van der Waals surface area contributed by atoms with Crippen LogP contribution in [0.3, 0.4) is 0 Å². The molecule has 2 rings (SSSR count). The summed E-state index contributed by atoms with van der Waals surface area (Å²) in [5.41, 5.74) is 0.262. The minimum atomic E-state index is -4.58. The molecule has 0 saturated carbocycles. The summed E-state index contributed by atoms with van der Waals surface area (Å²) in [5, 5.41) is 2.86. The molecule has 0 aliphatic heterocycles. The van der Waals surface area contributed by atoms with E-state index in [-0.39, 0.29) is 12.3 Å². The van der Waals surface area contributed by atoms with Crippen LogP contribution in [0.2, 0.25) is 0 Å². The molecule has 1 aromatic carbocycles. The zero-order valence-corrected chi connectivity index (χ0v) is 12.7. The second-order valence-corrected chi connectivity index (χ2v) is 5.48. The molecular formula is C14H12F3NO4S. The summed E-state index contributed by atoms with van der Waals surface area (Å²) < 4.78 is 45.6. The summed E-state index contributed by atoms with van der Waals surface area (Å²) in [6, 6.07) is 6.26. The van der Waals surface area contributed by atoms with E-state index in [9.17, 15) is 22.8 Å². The fourth-order valence-corrected chi connectivity index (χ4v) is 2.66. The third-order valence-corrected chi connectivity index (χ3v) is 3.70. The molecule has 2 aromatic rings. The maximum Gasteiger partial charge on any atom is 0.422 e. The van der Waals surface area contributed by atoms with Crippen LogP contribution in [0.15, 0.2) is 24.3 Å². The van der Waals surface area contributed by atoms with Gasteiger partial charge in [0, 0.05) is 10.4 Å². The zero-order valence-electron chi connectivity index (χ0n) is 11.9. The van der Waals surface area contributed by atoms with Crippen molar-refractivity contribution in [1.29, 1.82) is 0 Å². The molecule has 0 unspecified atom stereocenters. The Hall–Kier alpha value is -2.29. The lowest BCUT2D eigenvalue weighted by molar-refractivity contribution is -0.159. The average molecular weight is 347 g/mol. The van der Waals surface area contributed by atoms with E-state index in [1.165, 1.54) is 23.5 Å². The topological polar surface area (TPSA) is 64.6 Å². The third-order valence-electron chi connectivity index (χ3n) is 2.61. The largest absolute Gasteiger partial charge is 0.462 e. The Labute approximate surface area is 133 Å². The first-order valence-electron chi connectivity index (χ1n) is 6.50. The Morgan fingerprint density at radius 3 is 2.61 bits per heavy atom. The van der Waals surface area contributed by atoms with Crippen LogP contribution in [0.25, 0.3) is 10.1 Å². The lowest BCUT2D eigenvalue weighted by Crippen LogP contribution is -2.23. The molecule has 0 atom stereocenters. The third kappa shape index (κ3) is 4.85. The van der Waals surface area contributed by atoms with Crippen LogP contribution < -0.4 is 5.32 Å². The van der Waals surface area contributed by atoms with Crippen molar-refractivity contribution in [2.75, 3.05) is 18.5 Å². The standard InChI is InChI=1S/C14H12F3NO4S/c1-2-21-12(19)11-6-8-5-9(3-4-10(8)23-11)18-13(20)22-7-14(15,16)17/h3-6H,2,7H2,1H3,(H,18,20). The second-order valence-electron chi connectivity index (χ2n) is 4.40. The minimum Gasteiger partial charge on any atom is -0.462 e. The van der Waals surface area contributed by atoms with E-state index in [4.69, 9.17) is 4.74 Å². The van der Waals surface area contributed by atoms with Crippen molar-refractivity contribution in [2.24, 2.45) is 0 Å². The first-order chi connectivity index (χ1) is 10.8. The molecule has 124 valence electrons. The Balaban J connectivity index is 2.08. The molecule has 23 heavy (non-hydrogen) atoms. The van der Waals surface area contributed by atoms with E-state index < -0.39 is 24.8 Å². The van der Waals surface area contributed by atoms with Crippen LogP contribution in [0.5, 0.6) is 0 Å². The Kier molecular flexibility index (Phi) is 5.09. The molecule has 0 aliphatic carbocycles. The van der Waals surface area contributed by atoms with Crippen molar-refractivity contribution in [3.05, 3.63) is 29.1 Å². The van der Waals surface area contributed by atoms with E-state index in [1.807, 2.05) is 0 Å². The van der Waals surface area contributed by atoms with Crippen LogP contribution in [0.4, 0.5) is 23.7 Å². The number of carbonyl (C=O) groups excluding carboxylic acids is 2. The number of amides is 1. The highest BCUT2D eigenvalue weighted by atomic mass is 32.1.